The second kappa shape index (κ2) is 10.5. The molecule has 1 N–H and O–H groups in total. The lowest BCUT2D eigenvalue weighted by Crippen LogP contribution is -2.16. The van der Waals surface area contributed by atoms with Crippen molar-refractivity contribution < 1.29 is 4.42 Å². The van der Waals surface area contributed by atoms with Crippen LogP contribution in [0.5, 0.6) is 0 Å². The molecule has 0 saturated carbocycles. The Balaban J connectivity index is 1.18. The van der Waals surface area contributed by atoms with Crippen molar-refractivity contribution in [3.63, 3.8) is 0 Å². The van der Waals surface area contributed by atoms with Gasteiger partial charge in [0, 0.05) is 21.8 Å². The van der Waals surface area contributed by atoms with E-state index in [0.717, 1.165) is 66.8 Å². The van der Waals surface area contributed by atoms with Gasteiger partial charge in [0.25, 0.3) is 0 Å². The Morgan fingerprint density at radius 1 is 0.479 bits per heavy atom. The van der Waals surface area contributed by atoms with Crippen LogP contribution < -0.4 is 5.62 Å². The molecule has 0 unspecified atom stereocenters. The van der Waals surface area contributed by atoms with Gasteiger partial charge >= 0.3 is 0 Å². The highest BCUT2D eigenvalue weighted by atomic mass is 16.3. The molecule has 0 aliphatic carbocycles. The predicted molar refractivity (Wildman–Crippen MR) is 196 cm³/mol. The molecule has 0 radical (unpaired) electrons. The van der Waals surface area contributed by atoms with Gasteiger partial charge in [-0.1, -0.05) is 91.0 Å². The molecular formula is C43H28N4O. The maximum Gasteiger partial charge on any atom is 0.213 e. The van der Waals surface area contributed by atoms with Crippen LogP contribution in [0.15, 0.2) is 173 Å². The molecule has 0 aliphatic heterocycles. The van der Waals surface area contributed by atoms with Gasteiger partial charge in [-0.15, -0.1) is 0 Å². The normalized spacial score (nSPS) is 12.3. The minimum atomic E-state index is 0.749. The lowest BCUT2D eigenvalue weighted by Gasteiger charge is -2.11. The highest BCUT2D eigenvalue weighted by Crippen LogP contribution is 2.38. The third-order valence-corrected chi connectivity index (χ3v) is 9.33. The van der Waals surface area contributed by atoms with Crippen molar-refractivity contribution >= 4 is 60.5 Å². The fraction of sp³-hybridized carbons (Fsp3) is 0. The molecule has 3 heterocycles. The molecule has 5 heteroatoms. The Bertz CT molecular complexity index is 2850. The van der Waals surface area contributed by atoms with Crippen LogP contribution in [0.4, 0.5) is 5.69 Å². The van der Waals surface area contributed by atoms with Gasteiger partial charge in [0.15, 0.2) is 0 Å². The van der Waals surface area contributed by atoms with Crippen molar-refractivity contribution in [2.45, 2.75) is 0 Å². The van der Waals surface area contributed by atoms with Crippen molar-refractivity contribution in [3.05, 3.63) is 169 Å². The number of fused-ring (bicyclic) bond motifs is 7. The van der Waals surface area contributed by atoms with E-state index in [-0.39, 0.29) is 0 Å². The average Bonchev–Trinajstić information content (AvgIpc) is 3.81. The molecule has 10 rings (SSSR count). The molecule has 0 amide bonds. The average molecular weight is 617 g/mol. The summed E-state index contributed by atoms with van der Waals surface area (Å²) < 4.78 is 11.0. The zero-order chi connectivity index (χ0) is 31.6. The van der Waals surface area contributed by atoms with Crippen LogP contribution in [0, 0.1) is 0 Å². The van der Waals surface area contributed by atoms with E-state index >= 15 is 0 Å². The Morgan fingerprint density at radius 3 is 1.98 bits per heavy atom. The van der Waals surface area contributed by atoms with E-state index < -0.39 is 0 Å². The van der Waals surface area contributed by atoms with Crippen molar-refractivity contribution in [2.24, 2.45) is 4.99 Å². The van der Waals surface area contributed by atoms with Gasteiger partial charge in [-0.05, 0) is 83.9 Å². The van der Waals surface area contributed by atoms with E-state index in [1.54, 1.807) is 0 Å². The maximum atomic E-state index is 6.47. The van der Waals surface area contributed by atoms with Gasteiger partial charge in [-0.25, -0.2) is 4.99 Å². The lowest BCUT2D eigenvalue weighted by molar-refractivity contribution is 0.669. The van der Waals surface area contributed by atoms with Crippen molar-refractivity contribution in [3.8, 4) is 22.5 Å². The van der Waals surface area contributed by atoms with E-state index in [4.69, 9.17) is 9.41 Å². The molecule has 226 valence electrons. The second-order valence-corrected chi connectivity index (χ2v) is 12.1. The zero-order valence-corrected chi connectivity index (χ0v) is 25.8. The summed E-state index contributed by atoms with van der Waals surface area (Å²) in [6.07, 6.45) is 0. The summed E-state index contributed by atoms with van der Waals surface area (Å²) >= 11 is 0. The molecule has 0 fully saturated rings. The largest absolute Gasteiger partial charge is 0.456 e. The zero-order valence-electron chi connectivity index (χ0n) is 25.8. The van der Waals surface area contributed by atoms with Crippen molar-refractivity contribution in [1.29, 1.82) is 0 Å². The van der Waals surface area contributed by atoms with Gasteiger partial charge in [0.2, 0.25) is 5.62 Å². The van der Waals surface area contributed by atoms with E-state index in [1.165, 1.54) is 21.8 Å². The monoisotopic (exact) mass is 616 g/mol. The molecule has 0 atom stereocenters. The minimum absolute atomic E-state index is 0.749. The summed E-state index contributed by atoms with van der Waals surface area (Å²) in [5.74, 6) is 0. The number of aromatic nitrogens is 3. The Morgan fingerprint density at radius 2 is 1.17 bits per heavy atom. The van der Waals surface area contributed by atoms with Gasteiger partial charge < -0.3 is 14.0 Å². The van der Waals surface area contributed by atoms with E-state index in [0.29, 0.717) is 0 Å². The van der Waals surface area contributed by atoms with Crippen LogP contribution in [0.1, 0.15) is 0 Å². The van der Waals surface area contributed by atoms with Crippen molar-refractivity contribution in [2.75, 3.05) is 0 Å². The molecule has 0 saturated heterocycles. The Kier molecular flexibility index (Phi) is 5.81. The number of imidazole rings is 1. The quantitative estimate of drug-likeness (QED) is 0.210. The van der Waals surface area contributed by atoms with Gasteiger partial charge in [-0.3, -0.25) is 4.57 Å². The number of hydrogen-bond donors (Lipinski definition) is 1. The summed E-state index contributed by atoms with van der Waals surface area (Å²) in [7, 11) is 0. The topological polar surface area (TPSA) is 51.1 Å². The first-order valence-corrected chi connectivity index (χ1v) is 16.1. The van der Waals surface area contributed by atoms with E-state index in [9.17, 15) is 0 Å². The molecule has 0 spiro atoms. The highest BCUT2D eigenvalue weighted by Gasteiger charge is 2.17. The third kappa shape index (κ3) is 4.08. The van der Waals surface area contributed by atoms with Gasteiger partial charge in [0.05, 0.1) is 38.8 Å². The van der Waals surface area contributed by atoms with E-state index in [1.807, 2.05) is 42.5 Å². The van der Waals surface area contributed by atoms with Crippen LogP contribution >= 0.6 is 0 Å². The molecule has 5 nitrogen and oxygen atoms in total. The number of para-hydroxylation sites is 5. The number of furan rings is 1. The maximum absolute atomic E-state index is 6.47. The first-order chi connectivity index (χ1) is 23.8. The smallest absolute Gasteiger partial charge is 0.213 e. The summed E-state index contributed by atoms with van der Waals surface area (Å²) in [6, 6.07) is 57.2. The molecule has 48 heavy (non-hydrogen) atoms. The van der Waals surface area contributed by atoms with Crippen LogP contribution in [0.25, 0.3) is 77.3 Å². The fourth-order valence-electron chi connectivity index (χ4n) is 7.21. The highest BCUT2D eigenvalue weighted by molar-refractivity contribution is 6.11. The Hall–Kier alpha value is -6.59. The van der Waals surface area contributed by atoms with Crippen molar-refractivity contribution in [1.82, 2.24) is 14.1 Å². The number of rotatable bonds is 4. The number of nitrogens with zero attached hydrogens (tertiary/aromatic N) is 3. The summed E-state index contributed by atoms with van der Waals surface area (Å²) in [4.78, 5) is 8.60. The molecule has 7 aromatic carbocycles. The molecule has 0 aliphatic rings. The van der Waals surface area contributed by atoms with Crippen LogP contribution in [-0.2, 0) is 0 Å². The SMILES string of the molecule is c1ccc(/N=c2\[nH]c3ccccc3n2-c2cccc3oc4ccc(-c5cccc(-n6c7ccccc7c7ccccc76)c5)cc4c23)cc1. The number of nitrogens with one attached hydrogen (secondary N) is 1. The van der Waals surface area contributed by atoms with Crippen LogP contribution in [0.3, 0.4) is 0 Å². The van der Waals surface area contributed by atoms with Gasteiger partial charge in [-0.2, -0.15) is 0 Å². The summed E-state index contributed by atoms with van der Waals surface area (Å²) in [6.45, 7) is 0. The van der Waals surface area contributed by atoms with E-state index in [2.05, 4.69) is 135 Å². The number of H-pyrrole nitrogens is 1. The number of hydrogen-bond acceptors (Lipinski definition) is 2. The predicted octanol–water partition coefficient (Wildman–Crippen LogP) is 10.9. The molecular weight excluding hydrogens is 589 g/mol. The minimum Gasteiger partial charge on any atom is -0.456 e. The first-order valence-electron chi connectivity index (χ1n) is 16.1. The number of benzene rings is 7. The second-order valence-electron chi connectivity index (χ2n) is 12.1. The Labute approximate surface area is 275 Å². The van der Waals surface area contributed by atoms with Crippen LogP contribution in [0.2, 0.25) is 0 Å². The fourth-order valence-corrected chi connectivity index (χ4v) is 7.21. The molecule has 0 bridgehead atoms. The first kappa shape index (κ1) is 26.6. The third-order valence-electron chi connectivity index (χ3n) is 9.33. The summed E-state index contributed by atoms with van der Waals surface area (Å²) in [5, 5.41) is 4.62. The van der Waals surface area contributed by atoms with Crippen LogP contribution in [-0.4, -0.2) is 14.1 Å². The standard InChI is InChI=1S/C43H28N4O/c1-2-13-30(14-3-1)44-43-45-35-18-6-9-21-38(35)47(43)39-22-11-23-41-42(39)34-27-29(24-25-40(34)48-41)28-12-10-15-31(26-28)46-36-19-7-4-16-32(36)33-17-5-8-20-37(33)46/h1-27H,(H,44,45). The molecule has 3 aromatic heterocycles. The van der Waals surface area contributed by atoms with Gasteiger partial charge in [0.1, 0.15) is 11.2 Å². The molecule has 10 aromatic rings. The number of aromatic amines is 1. The summed E-state index contributed by atoms with van der Waals surface area (Å²) in [5.41, 5.74) is 12.2. The lowest BCUT2D eigenvalue weighted by atomic mass is 10.0.